The summed E-state index contributed by atoms with van der Waals surface area (Å²) in [6.07, 6.45) is 4.13. The number of fused-ring (bicyclic) bond motifs is 1. The molecule has 1 aromatic heterocycles. The molecular formula is C24H33N3O3S. The number of carbonyl (C=O) groups excluding carboxylic acids is 1. The first-order chi connectivity index (χ1) is 14.5. The van der Waals surface area contributed by atoms with Gasteiger partial charge in [0.2, 0.25) is 0 Å². The number of nitrogens with zero attached hydrogens (tertiary/aromatic N) is 3. The van der Waals surface area contributed by atoms with Crippen molar-refractivity contribution >= 4 is 33.3 Å². The third-order valence-electron chi connectivity index (χ3n) is 6.01. The lowest BCUT2D eigenvalue weighted by Gasteiger charge is -2.34. The van der Waals surface area contributed by atoms with E-state index in [4.69, 9.17) is 9.72 Å². The summed E-state index contributed by atoms with van der Waals surface area (Å²) in [6.45, 7) is 10.2. The van der Waals surface area contributed by atoms with Crippen molar-refractivity contribution in [3.63, 3.8) is 0 Å². The maximum atomic E-state index is 12.9. The third-order valence-corrected chi connectivity index (χ3v) is 7.24. The van der Waals surface area contributed by atoms with Crippen molar-refractivity contribution in [2.24, 2.45) is 5.92 Å². The van der Waals surface area contributed by atoms with Gasteiger partial charge in [0.15, 0.2) is 0 Å². The van der Waals surface area contributed by atoms with Gasteiger partial charge in [0.05, 0.1) is 15.9 Å². The Labute approximate surface area is 188 Å². The predicted octanol–water partition coefficient (Wildman–Crippen LogP) is 4.83. The van der Waals surface area contributed by atoms with Gasteiger partial charge in [0.1, 0.15) is 16.2 Å². The normalized spacial score (nSPS) is 22.5. The van der Waals surface area contributed by atoms with Crippen molar-refractivity contribution in [2.45, 2.75) is 58.2 Å². The van der Waals surface area contributed by atoms with Crippen LogP contribution >= 0.6 is 11.3 Å². The highest BCUT2D eigenvalue weighted by Crippen LogP contribution is 2.38. The number of hydrogen-bond acceptors (Lipinski definition) is 6. The van der Waals surface area contributed by atoms with Crippen LogP contribution in [0.3, 0.4) is 0 Å². The number of thiazole rings is 1. The van der Waals surface area contributed by atoms with Crippen LogP contribution in [-0.4, -0.2) is 58.3 Å². The highest BCUT2D eigenvalue weighted by molar-refractivity contribution is 7.18. The van der Waals surface area contributed by atoms with Gasteiger partial charge in [-0.25, -0.2) is 9.78 Å². The van der Waals surface area contributed by atoms with E-state index >= 15 is 0 Å². The molecule has 31 heavy (non-hydrogen) atoms. The van der Waals surface area contributed by atoms with Crippen molar-refractivity contribution < 1.29 is 14.6 Å². The van der Waals surface area contributed by atoms with Crippen molar-refractivity contribution in [1.82, 2.24) is 14.8 Å². The van der Waals surface area contributed by atoms with E-state index in [0.29, 0.717) is 25.3 Å². The van der Waals surface area contributed by atoms with Crippen LogP contribution in [-0.2, 0) is 10.3 Å². The van der Waals surface area contributed by atoms with E-state index in [1.54, 1.807) is 16.2 Å². The van der Waals surface area contributed by atoms with Crippen LogP contribution in [0.25, 0.3) is 15.9 Å². The number of hydrogen-bond donors (Lipinski definition) is 1. The maximum Gasteiger partial charge on any atom is 0.414 e. The summed E-state index contributed by atoms with van der Waals surface area (Å²) in [5.74, 6) is 0.379. The van der Waals surface area contributed by atoms with E-state index in [1.807, 2.05) is 32.9 Å². The molecule has 1 fully saturated rings. The van der Waals surface area contributed by atoms with Gasteiger partial charge in [-0.15, -0.1) is 11.3 Å². The number of amides is 1. The second kappa shape index (κ2) is 8.19. The van der Waals surface area contributed by atoms with Gasteiger partial charge in [0, 0.05) is 25.2 Å². The molecule has 1 amide bonds. The van der Waals surface area contributed by atoms with Crippen LogP contribution < -0.4 is 0 Å². The van der Waals surface area contributed by atoms with Crippen LogP contribution in [0, 0.1) is 5.92 Å². The van der Waals surface area contributed by atoms with Crippen LogP contribution in [0.15, 0.2) is 24.3 Å². The molecule has 1 saturated heterocycles. The zero-order chi connectivity index (χ0) is 22.4. The summed E-state index contributed by atoms with van der Waals surface area (Å²) in [4.78, 5) is 21.7. The van der Waals surface area contributed by atoms with E-state index in [2.05, 4.69) is 31.0 Å². The summed E-state index contributed by atoms with van der Waals surface area (Å²) < 4.78 is 6.72. The molecule has 168 valence electrons. The molecule has 1 aromatic carbocycles. The number of ether oxygens (including phenoxy) is 1. The van der Waals surface area contributed by atoms with Crippen LogP contribution in [0.2, 0.25) is 0 Å². The highest BCUT2D eigenvalue weighted by Gasteiger charge is 2.36. The van der Waals surface area contributed by atoms with Gasteiger partial charge < -0.3 is 14.7 Å². The van der Waals surface area contributed by atoms with Gasteiger partial charge >= 0.3 is 6.09 Å². The smallest absolute Gasteiger partial charge is 0.414 e. The molecule has 0 saturated carbocycles. The number of benzene rings is 1. The molecule has 0 radical (unpaired) electrons. The molecule has 2 aliphatic heterocycles. The van der Waals surface area contributed by atoms with E-state index in [-0.39, 0.29) is 6.09 Å². The van der Waals surface area contributed by atoms with Crippen molar-refractivity contribution in [1.29, 1.82) is 0 Å². The molecular weight excluding hydrogens is 410 g/mol. The lowest BCUT2D eigenvalue weighted by molar-refractivity contribution is -0.0203. The minimum atomic E-state index is -0.849. The SMILES string of the molecule is C[C@H]1CC=C(c2ccc3sc(C4(O)CCN(C)CC4)nc3c2)N(C(=O)OC(C)(C)C)C1. The topological polar surface area (TPSA) is 65.9 Å². The zero-order valence-electron chi connectivity index (χ0n) is 19.1. The average Bonchev–Trinajstić information content (AvgIpc) is 3.13. The van der Waals surface area contributed by atoms with Gasteiger partial charge in [-0.3, -0.25) is 4.90 Å². The van der Waals surface area contributed by atoms with Gasteiger partial charge in [-0.2, -0.15) is 0 Å². The molecule has 1 atom stereocenters. The fourth-order valence-electron chi connectivity index (χ4n) is 4.16. The van der Waals surface area contributed by atoms with Crippen LogP contribution in [0.5, 0.6) is 0 Å². The molecule has 0 unspecified atom stereocenters. The molecule has 0 spiro atoms. The first-order valence-electron chi connectivity index (χ1n) is 11.1. The van der Waals surface area contributed by atoms with Crippen LogP contribution in [0.1, 0.15) is 57.5 Å². The number of aliphatic hydroxyl groups is 1. The summed E-state index contributed by atoms with van der Waals surface area (Å²) in [5.41, 5.74) is 1.31. The lowest BCUT2D eigenvalue weighted by Crippen LogP contribution is -2.40. The van der Waals surface area contributed by atoms with E-state index < -0.39 is 11.2 Å². The van der Waals surface area contributed by atoms with E-state index in [0.717, 1.165) is 46.0 Å². The molecule has 1 N–H and O–H groups in total. The number of aromatic nitrogens is 1. The third kappa shape index (κ3) is 4.78. The van der Waals surface area contributed by atoms with Gasteiger partial charge in [-0.05, 0) is 65.1 Å². The molecule has 0 aliphatic carbocycles. The predicted molar refractivity (Wildman–Crippen MR) is 125 cm³/mol. The number of rotatable bonds is 2. The Balaban J connectivity index is 1.64. The van der Waals surface area contributed by atoms with Gasteiger partial charge in [-0.1, -0.05) is 19.1 Å². The van der Waals surface area contributed by atoms with E-state index in [9.17, 15) is 9.90 Å². The molecule has 0 bridgehead atoms. The van der Waals surface area contributed by atoms with E-state index in [1.165, 1.54) is 0 Å². The average molecular weight is 444 g/mol. The molecule has 2 aliphatic rings. The number of allylic oxidation sites excluding steroid dienone is 1. The summed E-state index contributed by atoms with van der Waals surface area (Å²) >= 11 is 1.57. The molecule has 4 rings (SSSR count). The summed E-state index contributed by atoms with van der Waals surface area (Å²) in [7, 11) is 2.08. The zero-order valence-corrected chi connectivity index (χ0v) is 20.0. The maximum absolute atomic E-state index is 12.9. The molecule has 7 heteroatoms. The Kier molecular flexibility index (Phi) is 5.87. The molecule has 2 aromatic rings. The second-order valence-corrected chi connectivity index (χ2v) is 11.1. The van der Waals surface area contributed by atoms with Gasteiger partial charge in [0.25, 0.3) is 0 Å². The Bertz CT molecular complexity index is 999. The number of piperidine rings is 1. The summed E-state index contributed by atoms with van der Waals surface area (Å²) in [5, 5.41) is 12.0. The Morgan fingerprint density at radius 3 is 2.68 bits per heavy atom. The minimum absolute atomic E-state index is 0.315. The number of likely N-dealkylation sites (tertiary alicyclic amines) is 1. The summed E-state index contributed by atoms with van der Waals surface area (Å²) in [6, 6.07) is 6.13. The molecule has 3 heterocycles. The fraction of sp³-hybridized carbons (Fsp3) is 0.583. The fourth-order valence-corrected chi connectivity index (χ4v) is 5.25. The monoisotopic (exact) mass is 443 g/mol. The van der Waals surface area contributed by atoms with Crippen LogP contribution in [0.4, 0.5) is 4.79 Å². The lowest BCUT2D eigenvalue weighted by atomic mass is 9.92. The van der Waals surface area contributed by atoms with Crippen molar-refractivity contribution in [3.05, 3.63) is 34.8 Å². The highest BCUT2D eigenvalue weighted by atomic mass is 32.1. The Hall–Kier alpha value is -1.96. The van der Waals surface area contributed by atoms with Crippen molar-refractivity contribution in [3.8, 4) is 0 Å². The standard InChI is InChI=1S/C24H33N3O3S/c1-16-6-8-19(27(15-16)22(28)30-23(2,3)4)17-7-9-20-18(14-17)25-21(31-20)24(29)10-12-26(5)13-11-24/h7-9,14,16,29H,6,10-13,15H2,1-5H3/t16-/m0/s1. The largest absolute Gasteiger partial charge is 0.443 e. The first kappa shape index (κ1) is 22.2. The minimum Gasteiger partial charge on any atom is -0.443 e. The Morgan fingerprint density at radius 1 is 1.29 bits per heavy atom. The quantitative estimate of drug-likeness (QED) is 0.720. The second-order valence-electron chi connectivity index (χ2n) is 10.1. The molecule has 6 nitrogen and oxygen atoms in total. The number of carbonyl (C=O) groups is 1. The van der Waals surface area contributed by atoms with Crippen molar-refractivity contribution in [2.75, 3.05) is 26.7 Å². The first-order valence-corrected chi connectivity index (χ1v) is 11.9. The Morgan fingerprint density at radius 2 is 2.00 bits per heavy atom.